The third-order valence-electron chi connectivity index (χ3n) is 7.01. The number of pyridine rings is 1. The Morgan fingerprint density at radius 2 is 1.74 bits per heavy atom. The number of imide groups is 1. The Morgan fingerprint density at radius 3 is 2.40 bits per heavy atom. The normalized spacial score (nSPS) is 14.5. The zero-order valence-corrected chi connectivity index (χ0v) is 24.0. The molecule has 1 aliphatic rings. The van der Waals surface area contributed by atoms with E-state index in [2.05, 4.69) is 11.1 Å². The van der Waals surface area contributed by atoms with Crippen LogP contribution in [0.25, 0.3) is 11.3 Å². The zero-order valence-electron chi connectivity index (χ0n) is 23.2. The second-order valence-electron chi connectivity index (χ2n) is 9.81. The lowest BCUT2D eigenvalue weighted by Crippen LogP contribution is -2.45. The topological polar surface area (TPSA) is 104 Å². The smallest absolute Gasteiger partial charge is 0.257 e. The van der Waals surface area contributed by atoms with E-state index in [-0.39, 0.29) is 30.5 Å². The van der Waals surface area contributed by atoms with E-state index in [1.54, 1.807) is 31.4 Å². The number of nitrogens with zero attached hydrogens (tertiary/aromatic N) is 4. The number of aromatic nitrogens is 1. The molecule has 0 saturated carbocycles. The molecule has 1 atom stereocenters. The van der Waals surface area contributed by atoms with Crippen LogP contribution in [0, 0.1) is 18.3 Å². The molecular weight excluding hydrogens is 548 g/mol. The summed E-state index contributed by atoms with van der Waals surface area (Å²) in [6.07, 6.45) is -0.107. The zero-order chi connectivity index (χ0) is 29.6. The minimum atomic E-state index is -0.943. The van der Waals surface area contributed by atoms with Gasteiger partial charge >= 0.3 is 0 Å². The number of thioether (sulfide) groups is 1. The number of anilines is 1. The van der Waals surface area contributed by atoms with Crippen LogP contribution in [0.15, 0.2) is 96.0 Å². The van der Waals surface area contributed by atoms with Gasteiger partial charge in [-0.25, -0.2) is 9.88 Å². The highest BCUT2D eigenvalue weighted by atomic mass is 32.2. The third kappa shape index (κ3) is 6.19. The maximum Gasteiger partial charge on any atom is 0.257 e. The molecule has 2 heterocycles. The molecule has 1 fully saturated rings. The molecule has 4 aromatic rings. The SMILES string of the molecule is COc1ccc(-c2ccc(C#N)c(SCC(=O)N(Cc3ccccc3)C3CC(=O)N(c4ccc(C)cc4)C3=O)n2)cc1. The van der Waals surface area contributed by atoms with Crippen molar-refractivity contribution in [2.45, 2.75) is 31.0 Å². The molecule has 1 aromatic heterocycles. The van der Waals surface area contributed by atoms with Gasteiger partial charge in [0, 0.05) is 12.1 Å². The van der Waals surface area contributed by atoms with Crippen molar-refractivity contribution in [2.24, 2.45) is 0 Å². The first-order valence-corrected chi connectivity index (χ1v) is 14.3. The summed E-state index contributed by atoms with van der Waals surface area (Å²) in [7, 11) is 1.59. The number of carbonyl (C=O) groups is 3. The van der Waals surface area contributed by atoms with Crippen LogP contribution in [0.2, 0.25) is 0 Å². The number of ether oxygens (including phenoxy) is 1. The van der Waals surface area contributed by atoms with E-state index in [1.165, 1.54) is 4.90 Å². The molecule has 0 spiro atoms. The monoisotopic (exact) mass is 576 g/mol. The van der Waals surface area contributed by atoms with Crippen molar-refractivity contribution in [3.05, 3.63) is 108 Å². The van der Waals surface area contributed by atoms with Crippen molar-refractivity contribution in [3.8, 4) is 23.1 Å². The van der Waals surface area contributed by atoms with E-state index >= 15 is 0 Å². The molecule has 0 radical (unpaired) electrons. The van der Waals surface area contributed by atoms with Crippen molar-refractivity contribution in [2.75, 3.05) is 17.8 Å². The van der Waals surface area contributed by atoms with E-state index in [9.17, 15) is 19.6 Å². The van der Waals surface area contributed by atoms with Gasteiger partial charge in [0.15, 0.2) is 0 Å². The first kappa shape index (κ1) is 28.6. The molecule has 5 rings (SSSR count). The largest absolute Gasteiger partial charge is 0.497 e. The molecule has 42 heavy (non-hydrogen) atoms. The number of benzene rings is 3. The predicted molar refractivity (Wildman–Crippen MR) is 161 cm³/mol. The van der Waals surface area contributed by atoms with Gasteiger partial charge in [-0.3, -0.25) is 14.4 Å². The van der Waals surface area contributed by atoms with Crippen molar-refractivity contribution in [3.63, 3.8) is 0 Å². The Balaban J connectivity index is 1.39. The molecule has 9 heteroatoms. The van der Waals surface area contributed by atoms with E-state index in [4.69, 9.17) is 4.74 Å². The molecule has 1 saturated heterocycles. The predicted octanol–water partition coefficient (Wildman–Crippen LogP) is 5.39. The van der Waals surface area contributed by atoms with E-state index in [0.717, 1.165) is 33.4 Å². The van der Waals surface area contributed by atoms with Crippen LogP contribution in [0.1, 0.15) is 23.1 Å². The minimum Gasteiger partial charge on any atom is -0.497 e. The fourth-order valence-corrected chi connectivity index (χ4v) is 5.61. The summed E-state index contributed by atoms with van der Waals surface area (Å²) >= 11 is 1.14. The molecule has 0 bridgehead atoms. The molecular formula is C33H28N4O4S. The van der Waals surface area contributed by atoms with E-state index in [1.807, 2.05) is 73.7 Å². The van der Waals surface area contributed by atoms with Crippen LogP contribution in [0.3, 0.4) is 0 Å². The molecule has 1 unspecified atom stereocenters. The second-order valence-corrected chi connectivity index (χ2v) is 10.8. The quantitative estimate of drug-likeness (QED) is 0.194. The van der Waals surface area contributed by atoms with Gasteiger partial charge in [-0.05, 0) is 61.0 Å². The number of amides is 3. The summed E-state index contributed by atoms with van der Waals surface area (Å²) in [4.78, 5) is 47.7. The lowest BCUT2D eigenvalue weighted by molar-refractivity contribution is -0.136. The van der Waals surface area contributed by atoms with Gasteiger partial charge in [0.05, 0.1) is 36.2 Å². The van der Waals surface area contributed by atoms with E-state index in [0.29, 0.717) is 27.7 Å². The van der Waals surface area contributed by atoms with Crippen LogP contribution in [-0.4, -0.2) is 46.5 Å². The molecule has 3 amide bonds. The Hall–Kier alpha value is -4.94. The van der Waals surface area contributed by atoms with Gasteiger partial charge in [-0.15, -0.1) is 0 Å². The summed E-state index contributed by atoms with van der Waals surface area (Å²) in [6, 6.07) is 28.5. The summed E-state index contributed by atoms with van der Waals surface area (Å²) in [5.74, 6) is -0.472. The van der Waals surface area contributed by atoms with Crippen LogP contribution in [0.4, 0.5) is 5.69 Å². The first-order chi connectivity index (χ1) is 20.4. The van der Waals surface area contributed by atoms with Crippen LogP contribution in [-0.2, 0) is 20.9 Å². The Kier molecular flexibility index (Phi) is 8.65. The number of rotatable bonds is 9. The highest BCUT2D eigenvalue weighted by Crippen LogP contribution is 2.30. The van der Waals surface area contributed by atoms with Crippen molar-refractivity contribution < 1.29 is 19.1 Å². The van der Waals surface area contributed by atoms with E-state index < -0.39 is 11.9 Å². The third-order valence-corrected chi connectivity index (χ3v) is 7.98. The number of aryl methyl sites for hydroxylation is 1. The second kappa shape index (κ2) is 12.7. The Bertz CT molecular complexity index is 1650. The maximum absolute atomic E-state index is 13.8. The molecule has 0 aliphatic carbocycles. The molecule has 0 N–H and O–H groups in total. The van der Waals surface area contributed by atoms with Gasteiger partial charge in [0.25, 0.3) is 5.91 Å². The van der Waals surface area contributed by atoms with Gasteiger partial charge in [0.2, 0.25) is 11.8 Å². The maximum atomic E-state index is 13.8. The van der Waals surface area contributed by atoms with Crippen LogP contribution >= 0.6 is 11.8 Å². The van der Waals surface area contributed by atoms with Crippen LogP contribution < -0.4 is 9.64 Å². The van der Waals surface area contributed by atoms with Crippen molar-refractivity contribution in [1.82, 2.24) is 9.88 Å². The average Bonchev–Trinajstić information content (AvgIpc) is 3.32. The van der Waals surface area contributed by atoms with Gasteiger partial charge in [-0.2, -0.15) is 5.26 Å². The fraction of sp³-hybridized carbons (Fsp3) is 0.182. The molecule has 3 aromatic carbocycles. The Labute approximate surface area is 248 Å². The average molecular weight is 577 g/mol. The number of carbonyl (C=O) groups excluding carboxylic acids is 3. The number of nitriles is 1. The van der Waals surface area contributed by atoms with Crippen molar-refractivity contribution >= 4 is 35.2 Å². The molecule has 210 valence electrons. The number of hydrogen-bond donors (Lipinski definition) is 0. The molecule has 8 nitrogen and oxygen atoms in total. The summed E-state index contributed by atoms with van der Waals surface area (Å²) < 4.78 is 5.23. The minimum absolute atomic E-state index is 0.0664. The lowest BCUT2D eigenvalue weighted by atomic mass is 10.1. The number of hydrogen-bond acceptors (Lipinski definition) is 7. The highest BCUT2D eigenvalue weighted by molar-refractivity contribution is 8.00. The van der Waals surface area contributed by atoms with Gasteiger partial charge < -0.3 is 9.64 Å². The summed E-state index contributed by atoms with van der Waals surface area (Å²) in [5, 5.41) is 10.1. The van der Waals surface area contributed by atoms with Crippen molar-refractivity contribution in [1.29, 1.82) is 5.26 Å². The standard InChI is InChI=1S/C33H28N4O4S/c1-22-8-13-26(14-9-22)37-30(38)18-29(33(37)40)36(20-23-6-4-3-5-7-23)31(39)21-42-32-25(19-34)12-17-28(35-32)24-10-15-27(41-2)16-11-24/h3-17,29H,18,20-21H2,1-2H3. The van der Waals surface area contributed by atoms with Gasteiger partial charge in [-0.1, -0.05) is 59.8 Å². The fourth-order valence-electron chi connectivity index (χ4n) is 4.75. The number of methoxy groups -OCH3 is 1. The first-order valence-electron chi connectivity index (χ1n) is 13.3. The summed E-state index contributed by atoms with van der Waals surface area (Å²) in [6.45, 7) is 2.09. The van der Waals surface area contributed by atoms with Gasteiger partial charge in [0.1, 0.15) is 22.9 Å². The summed E-state index contributed by atoms with van der Waals surface area (Å²) in [5.41, 5.74) is 4.16. The van der Waals surface area contributed by atoms with Crippen LogP contribution in [0.5, 0.6) is 5.75 Å². The highest BCUT2D eigenvalue weighted by Gasteiger charge is 2.44. The molecule has 1 aliphatic heterocycles. The lowest BCUT2D eigenvalue weighted by Gasteiger charge is -2.28. The Morgan fingerprint density at radius 1 is 1.02 bits per heavy atom.